The van der Waals surface area contributed by atoms with E-state index in [0.717, 1.165) is 45.5 Å². The first-order valence-corrected chi connectivity index (χ1v) is 12.4. The van der Waals surface area contributed by atoms with Gasteiger partial charge in [-0.05, 0) is 32.1 Å². The summed E-state index contributed by atoms with van der Waals surface area (Å²) in [7, 11) is -4.34. The van der Waals surface area contributed by atoms with Crippen LogP contribution in [0.3, 0.4) is 0 Å². The van der Waals surface area contributed by atoms with Gasteiger partial charge < -0.3 is 18.9 Å². The molecule has 0 saturated carbocycles. The fourth-order valence-corrected chi connectivity index (χ4v) is 2.84. The normalized spacial score (nSPS) is 11.9. The first-order valence-electron chi connectivity index (χ1n) is 11.0. The van der Waals surface area contributed by atoms with Gasteiger partial charge in [0.15, 0.2) is 0 Å². The van der Waals surface area contributed by atoms with E-state index in [4.69, 9.17) is 23.5 Å². The van der Waals surface area contributed by atoms with E-state index >= 15 is 0 Å². The van der Waals surface area contributed by atoms with Gasteiger partial charge in [0.25, 0.3) is 0 Å². The summed E-state index contributed by atoms with van der Waals surface area (Å²) < 4.78 is 55.1. The van der Waals surface area contributed by atoms with Crippen LogP contribution in [0.2, 0.25) is 0 Å². The highest BCUT2D eigenvalue weighted by atomic mass is 32.3. The molecule has 0 aromatic carbocycles. The van der Waals surface area contributed by atoms with Gasteiger partial charge in [0, 0.05) is 52.9 Å². The van der Waals surface area contributed by atoms with Crippen molar-refractivity contribution in [1.82, 2.24) is 0 Å². The Morgan fingerprint density at radius 3 is 1.28 bits per heavy atom. The van der Waals surface area contributed by atoms with Crippen LogP contribution in [0.5, 0.6) is 0 Å². The van der Waals surface area contributed by atoms with Crippen LogP contribution in [-0.2, 0) is 33.5 Å². The van der Waals surface area contributed by atoms with Crippen LogP contribution in [0.4, 0.5) is 0 Å². The van der Waals surface area contributed by atoms with Crippen molar-refractivity contribution < 1.29 is 36.1 Å². The zero-order chi connectivity index (χ0) is 21.5. The second-order valence-electron chi connectivity index (χ2n) is 6.88. The van der Waals surface area contributed by atoms with Gasteiger partial charge in [-0.3, -0.25) is 4.55 Å². The molecule has 0 radical (unpaired) electrons. The zero-order valence-corrected chi connectivity index (χ0v) is 19.0. The van der Waals surface area contributed by atoms with Crippen LogP contribution in [0.25, 0.3) is 0 Å². The second kappa shape index (κ2) is 22.4. The topological polar surface area (TPSA) is 101 Å². The lowest BCUT2D eigenvalue weighted by Crippen LogP contribution is -2.09. The van der Waals surface area contributed by atoms with E-state index in [0.29, 0.717) is 39.5 Å². The Labute approximate surface area is 177 Å². The summed E-state index contributed by atoms with van der Waals surface area (Å²) in [5, 5.41) is 0. The quantitative estimate of drug-likeness (QED) is 0.178. The molecule has 0 fully saturated rings. The van der Waals surface area contributed by atoms with Crippen LogP contribution < -0.4 is 0 Å². The van der Waals surface area contributed by atoms with Gasteiger partial charge in [0.1, 0.15) is 0 Å². The molecule has 0 amide bonds. The number of unbranched alkanes of at least 4 members (excludes halogenated alkanes) is 5. The molecule has 0 aliphatic heterocycles. The summed E-state index contributed by atoms with van der Waals surface area (Å²) in [5.41, 5.74) is 0. The van der Waals surface area contributed by atoms with E-state index in [-0.39, 0.29) is 6.61 Å². The third-order valence-electron chi connectivity index (χ3n) is 4.04. The van der Waals surface area contributed by atoms with Gasteiger partial charge in [-0.2, -0.15) is 8.42 Å². The smallest absolute Gasteiger partial charge is 0.381 e. The first kappa shape index (κ1) is 28.7. The minimum atomic E-state index is -4.34. The van der Waals surface area contributed by atoms with Gasteiger partial charge >= 0.3 is 10.4 Å². The summed E-state index contributed by atoms with van der Waals surface area (Å²) in [6.45, 7) is 7.42. The van der Waals surface area contributed by atoms with Crippen molar-refractivity contribution in [2.75, 3.05) is 59.5 Å². The van der Waals surface area contributed by atoms with Crippen LogP contribution in [-0.4, -0.2) is 72.4 Å². The van der Waals surface area contributed by atoms with Crippen molar-refractivity contribution in [3.63, 3.8) is 0 Å². The summed E-state index contributed by atoms with van der Waals surface area (Å²) >= 11 is 0. The first-order chi connectivity index (χ1) is 14.1. The molecule has 0 spiro atoms. The van der Waals surface area contributed by atoms with Gasteiger partial charge in [0.05, 0.1) is 6.61 Å². The maximum absolute atomic E-state index is 10.3. The highest BCUT2D eigenvalue weighted by molar-refractivity contribution is 7.80. The van der Waals surface area contributed by atoms with Crippen molar-refractivity contribution in [2.45, 2.75) is 71.1 Å². The van der Waals surface area contributed by atoms with Crippen molar-refractivity contribution >= 4 is 10.4 Å². The maximum atomic E-state index is 10.3. The molecule has 0 aromatic rings. The Morgan fingerprint density at radius 1 is 0.517 bits per heavy atom. The molecule has 9 heteroatoms. The van der Waals surface area contributed by atoms with Crippen LogP contribution >= 0.6 is 0 Å². The van der Waals surface area contributed by atoms with Crippen molar-refractivity contribution in [3.8, 4) is 0 Å². The summed E-state index contributed by atoms with van der Waals surface area (Å²) in [6.07, 6.45) is 10.7. The third kappa shape index (κ3) is 27.7. The molecule has 1 N–H and O–H groups in total. The molecule has 0 unspecified atom stereocenters. The Kier molecular flexibility index (Phi) is 22.2. The van der Waals surface area contributed by atoms with E-state index in [1.807, 2.05) is 0 Å². The predicted octanol–water partition coefficient (Wildman–Crippen LogP) is 3.79. The lowest BCUT2D eigenvalue weighted by atomic mass is 10.1. The van der Waals surface area contributed by atoms with E-state index < -0.39 is 10.4 Å². The van der Waals surface area contributed by atoms with Gasteiger partial charge in [-0.15, -0.1) is 0 Å². The Morgan fingerprint density at radius 2 is 0.862 bits per heavy atom. The minimum Gasteiger partial charge on any atom is -0.381 e. The van der Waals surface area contributed by atoms with Crippen molar-refractivity contribution in [1.29, 1.82) is 0 Å². The Balaban J connectivity index is 3.03. The fraction of sp³-hybridized carbons (Fsp3) is 1.00. The molecule has 0 bridgehead atoms. The molecular formula is C20H42O8S. The van der Waals surface area contributed by atoms with Gasteiger partial charge in [0.2, 0.25) is 0 Å². The standard InChI is InChI=1S/C20H42O8S/c1-2-3-4-5-6-7-12-24-13-8-14-25-15-9-16-26-17-10-18-27-19-11-20-28-29(21,22)23/h2-20H2,1H3,(H,21,22,23). The summed E-state index contributed by atoms with van der Waals surface area (Å²) in [5.74, 6) is 0. The summed E-state index contributed by atoms with van der Waals surface area (Å²) in [6, 6.07) is 0. The van der Waals surface area contributed by atoms with E-state index in [9.17, 15) is 8.42 Å². The van der Waals surface area contributed by atoms with Crippen molar-refractivity contribution in [3.05, 3.63) is 0 Å². The van der Waals surface area contributed by atoms with Crippen LogP contribution in [0, 0.1) is 0 Å². The molecule has 0 aromatic heterocycles. The van der Waals surface area contributed by atoms with E-state index in [1.165, 1.54) is 32.1 Å². The average molecular weight is 443 g/mol. The van der Waals surface area contributed by atoms with Crippen LogP contribution in [0.15, 0.2) is 0 Å². The molecule has 0 atom stereocenters. The molecule has 0 saturated heterocycles. The van der Waals surface area contributed by atoms with E-state index in [1.54, 1.807) is 0 Å². The van der Waals surface area contributed by atoms with Gasteiger partial charge in [-0.25, -0.2) is 4.18 Å². The van der Waals surface area contributed by atoms with Crippen LogP contribution in [0.1, 0.15) is 71.1 Å². The molecule has 0 aliphatic carbocycles. The molecule has 176 valence electrons. The highest BCUT2D eigenvalue weighted by Gasteiger charge is 2.02. The average Bonchev–Trinajstić information content (AvgIpc) is 2.67. The monoisotopic (exact) mass is 442 g/mol. The predicted molar refractivity (Wildman–Crippen MR) is 113 cm³/mol. The molecular weight excluding hydrogens is 400 g/mol. The molecule has 29 heavy (non-hydrogen) atoms. The molecule has 0 rings (SSSR count). The number of hydrogen-bond donors (Lipinski definition) is 1. The van der Waals surface area contributed by atoms with Gasteiger partial charge in [-0.1, -0.05) is 39.0 Å². The highest BCUT2D eigenvalue weighted by Crippen LogP contribution is 2.05. The zero-order valence-electron chi connectivity index (χ0n) is 18.1. The Hall–Kier alpha value is -0.290. The SMILES string of the molecule is CCCCCCCCOCCCOCCCOCCCOCCCOS(=O)(=O)O. The maximum Gasteiger partial charge on any atom is 0.397 e. The lowest BCUT2D eigenvalue weighted by Gasteiger charge is -2.07. The summed E-state index contributed by atoms with van der Waals surface area (Å²) in [4.78, 5) is 0. The van der Waals surface area contributed by atoms with E-state index in [2.05, 4.69) is 11.1 Å². The lowest BCUT2D eigenvalue weighted by molar-refractivity contribution is 0.0525. The fourth-order valence-electron chi connectivity index (χ4n) is 2.51. The molecule has 8 nitrogen and oxygen atoms in total. The largest absolute Gasteiger partial charge is 0.397 e. The number of hydrogen-bond acceptors (Lipinski definition) is 7. The number of ether oxygens (including phenoxy) is 4. The second-order valence-corrected chi connectivity index (χ2v) is 7.97. The molecule has 0 aliphatic rings. The number of rotatable bonds is 24. The molecule has 0 heterocycles. The Bertz CT molecular complexity index is 417. The third-order valence-corrected chi connectivity index (χ3v) is 4.50. The minimum absolute atomic E-state index is 0.0828. The van der Waals surface area contributed by atoms with Crippen molar-refractivity contribution in [2.24, 2.45) is 0 Å².